The Balaban J connectivity index is 1.15. The van der Waals surface area contributed by atoms with E-state index in [4.69, 9.17) is 4.74 Å². The number of hydrogen-bond acceptors (Lipinski definition) is 3. The van der Waals surface area contributed by atoms with Crippen LogP contribution in [-0.2, 0) is 11.2 Å². The van der Waals surface area contributed by atoms with E-state index in [1.54, 1.807) is 0 Å². The molecule has 2 heterocycles. The van der Waals surface area contributed by atoms with Crippen LogP contribution >= 0.6 is 0 Å². The van der Waals surface area contributed by atoms with Crippen molar-refractivity contribution >= 4 is 11.6 Å². The lowest BCUT2D eigenvalue weighted by Crippen LogP contribution is -2.41. The van der Waals surface area contributed by atoms with Gasteiger partial charge in [0.2, 0.25) is 5.91 Å². The first-order valence-corrected chi connectivity index (χ1v) is 12.1. The van der Waals surface area contributed by atoms with Crippen LogP contribution in [0.4, 0.5) is 5.69 Å². The molecule has 0 radical (unpaired) electrons. The second kappa shape index (κ2) is 10.5. The molecule has 2 atom stereocenters. The first-order chi connectivity index (χ1) is 14.3. The third-order valence-corrected chi connectivity index (χ3v) is 7.24. The van der Waals surface area contributed by atoms with Gasteiger partial charge in [0.15, 0.2) is 0 Å². The lowest BCUT2D eigenvalue weighted by atomic mass is 9.80. The summed E-state index contributed by atoms with van der Waals surface area (Å²) in [7, 11) is 0. The van der Waals surface area contributed by atoms with E-state index in [9.17, 15) is 4.79 Å². The number of anilines is 1. The molecule has 0 bridgehead atoms. The summed E-state index contributed by atoms with van der Waals surface area (Å²) in [5, 5.41) is 2.95. The van der Waals surface area contributed by atoms with Gasteiger partial charge in [-0.15, -0.1) is 0 Å². The van der Waals surface area contributed by atoms with Crippen molar-refractivity contribution in [3.8, 4) is 5.75 Å². The van der Waals surface area contributed by atoms with Gasteiger partial charge in [-0.2, -0.15) is 0 Å². The quantitative estimate of drug-likeness (QED) is 0.651. The van der Waals surface area contributed by atoms with Gasteiger partial charge in [0.05, 0.1) is 6.61 Å². The molecule has 0 aromatic heterocycles. The van der Waals surface area contributed by atoms with Crippen molar-refractivity contribution in [2.45, 2.75) is 77.0 Å². The van der Waals surface area contributed by atoms with Crippen LogP contribution in [0.25, 0.3) is 0 Å². The van der Waals surface area contributed by atoms with E-state index in [-0.39, 0.29) is 5.91 Å². The lowest BCUT2D eigenvalue weighted by molar-refractivity contribution is -0.116. The van der Waals surface area contributed by atoms with Gasteiger partial charge in [-0.1, -0.05) is 44.6 Å². The Bertz CT molecular complexity index is 675. The predicted molar refractivity (Wildman–Crippen MR) is 118 cm³/mol. The van der Waals surface area contributed by atoms with E-state index in [1.165, 1.54) is 83.0 Å². The summed E-state index contributed by atoms with van der Waals surface area (Å²) in [5.74, 6) is 2.93. The largest absolute Gasteiger partial charge is 0.494 e. The van der Waals surface area contributed by atoms with Crippen LogP contribution in [0.1, 0.15) is 76.2 Å². The molecule has 2 aliphatic heterocycles. The fourth-order valence-electron chi connectivity index (χ4n) is 5.48. The molecule has 3 aliphatic rings. The molecule has 4 rings (SSSR count). The normalized spacial score (nSPS) is 25.7. The number of aryl methyl sites for hydroxylation is 1. The summed E-state index contributed by atoms with van der Waals surface area (Å²) in [6.07, 6.45) is 15.4. The molecular formula is C25H38N2O2. The van der Waals surface area contributed by atoms with Gasteiger partial charge in [-0.3, -0.25) is 4.79 Å². The number of hydrogen-bond donors (Lipinski definition) is 1. The van der Waals surface area contributed by atoms with Crippen molar-refractivity contribution in [3.63, 3.8) is 0 Å². The van der Waals surface area contributed by atoms with Gasteiger partial charge in [0.1, 0.15) is 5.75 Å². The average molecular weight is 399 g/mol. The van der Waals surface area contributed by atoms with Crippen LogP contribution < -0.4 is 10.1 Å². The number of ether oxygens (including phenoxy) is 1. The Morgan fingerprint density at radius 2 is 1.79 bits per heavy atom. The highest BCUT2D eigenvalue weighted by Crippen LogP contribution is 2.33. The SMILES string of the molecule is O=C1CCc2ccc(OCCCCN3CCC4CCCCCCCC4C3)cc2N1. The van der Waals surface area contributed by atoms with E-state index >= 15 is 0 Å². The molecule has 1 aromatic carbocycles. The number of benzene rings is 1. The van der Waals surface area contributed by atoms with E-state index in [0.717, 1.165) is 42.7 Å². The van der Waals surface area contributed by atoms with E-state index in [2.05, 4.69) is 16.3 Å². The second-order valence-electron chi connectivity index (χ2n) is 9.38. The summed E-state index contributed by atoms with van der Waals surface area (Å²) in [5.41, 5.74) is 2.14. The molecule has 160 valence electrons. The van der Waals surface area contributed by atoms with Crippen LogP contribution in [0.2, 0.25) is 0 Å². The first-order valence-electron chi connectivity index (χ1n) is 12.1. The van der Waals surface area contributed by atoms with E-state index in [1.807, 2.05) is 12.1 Å². The minimum Gasteiger partial charge on any atom is -0.494 e. The summed E-state index contributed by atoms with van der Waals surface area (Å²) in [6.45, 7) is 4.60. The second-order valence-corrected chi connectivity index (χ2v) is 9.38. The van der Waals surface area contributed by atoms with Gasteiger partial charge in [0, 0.05) is 24.7 Å². The Hall–Kier alpha value is -1.55. The minimum absolute atomic E-state index is 0.110. The molecule has 2 fully saturated rings. The number of carbonyl (C=O) groups is 1. The molecule has 1 saturated carbocycles. The van der Waals surface area contributed by atoms with Crippen LogP contribution in [-0.4, -0.2) is 37.0 Å². The average Bonchev–Trinajstić information content (AvgIpc) is 2.85. The number of piperidine rings is 1. The van der Waals surface area contributed by atoms with Gasteiger partial charge in [-0.25, -0.2) is 0 Å². The minimum atomic E-state index is 0.110. The number of unbranched alkanes of at least 4 members (excludes halogenated alkanes) is 1. The number of carbonyl (C=O) groups excluding carboxylic acids is 1. The third kappa shape index (κ3) is 5.97. The number of likely N-dealkylation sites (tertiary alicyclic amines) is 1. The smallest absolute Gasteiger partial charge is 0.224 e. The zero-order valence-electron chi connectivity index (χ0n) is 18.0. The summed E-state index contributed by atoms with van der Waals surface area (Å²) < 4.78 is 5.96. The van der Waals surface area contributed by atoms with Crippen molar-refractivity contribution in [1.29, 1.82) is 0 Å². The molecular weight excluding hydrogens is 360 g/mol. The Labute approximate surface area is 176 Å². The number of fused-ring (bicyclic) bond motifs is 2. The lowest BCUT2D eigenvalue weighted by Gasteiger charge is -2.38. The Morgan fingerprint density at radius 3 is 2.69 bits per heavy atom. The van der Waals surface area contributed by atoms with Crippen molar-refractivity contribution in [2.75, 3.05) is 31.6 Å². The zero-order valence-corrected chi connectivity index (χ0v) is 18.0. The molecule has 4 nitrogen and oxygen atoms in total. The standard InChI is InChI=1S/C25H38N2O2/c28-25-13-11-21-10-12-23(18-24(21)26-25)29-17-7-6-15-27-16-14-20-8-4-2-1-3-5-9-22(20)19-27/h10,12,18,20,22H,1-9,11,13-17,19H2,(H,26,28). The monoisotopic (exact) mass is 398 g/mol. The van der Waals surface area contributed by atoms with Crippen LogP contribution in [0, 0.1) is 11.8 Å². The molecule has 4 heteroatoms. The third-order valence-electron chi connectivity index (χ3n) is 7.24. The van der Waals surface area contributed by atoms with Gasteiger partial charge >= 0.3 is 0 Å². The maximum Gasteiger partial charge on any atom is 0.224 e. The first kappa shape index (κ1) is 20.7. The number of nitrogens with one attached hydrogen (secondary N) is 1. The fourth-order valence-corrected chi connectivity index (χ4v) is 5.48. The topological polar surface area (TPSA) is 41.6 Å². The van der Waals surface area contributed by atoms with Crippen LogP contribution in [0.3, 0.4) is 0 Å². The molecule has 2 unspecified atom stereocenters. The van der Waals surface area contributed by atoms with E-state index < -0.39 is 0 Å². The molecule has 1 aromatic rings. The Morgan fingerprint density at radius 1 is 0.966 bits per heavy atom. The Kier molecular flexibility index (Phi) is 7.48. The molecule has 1 N–H and O–H groups in total. The zero-order chi connectivity index (χ0) is 19.9. The predicted octanol–water partition coefficient (Wildman–Crippen LogP) is 5.41. The summed E-state index contributed by atoms with van der Waals surface area (Å²) in [6, 6.07) is 6.11. The van der Waals surface area contributed by atoms with E-state index in [0.29, 0.717) is 6.42 Å². The van der Waals surface area contributed by atoms with Crippen molar-refractivity contribution in [2.24, 2.45) is 11.8 Å². The van der Waals surface area contributed by atoms with Gasteiger partial charge < -0.3 is 15.0 Å². The molecule has 0 spiro atoms. The van der Waals surface area contributed by atoms with Crippen LogP contribution in [0.5, 0.6) is 5.75 Å². The number of nitrogens with zero attached hydrogens (tertiary/aromatic N) is 1. The summed E-state index contributed by atoms with van der Waals surface area (Å²) in [4.78, 5) is 14.3. The van der Waals surface area contributed by atoms with Gasteiger partial charge in [0.25, 0.3) is 0 Å². The highest BCUT2D eigenvalue weighted by Gasteiger charge is 2.28. The molecule has 1 saturated heterocycles. The number of rotatable bonds is 6. The highest BCUT2D eigenvalue weighted by molar-refractivity contribution is 5.94. The maximum absolute atomic E-state index is 11.6. The van der Waals surface area contributed by atoms with Crippen molar-refractivity contribution in [1.82, 2.24) is 4.90 Å². The molecule has 1 amide bonds. The summed E-state index contributed by atoms with van der Waals surface area (Å²) >= 11 is 0. The number of amides is 1. The van der Waals surface area contributed by atoms with Crippen molar-refractivity contribution < 1.29 is 9.53 Å². The van der Waals surface area contributed by atoms with Crippen LogP contribution in [0.15, 0.2) is 18.2 Å². The van der Waals surface area contributed by atoms with Crippen molar-refractivity contribution in [3.05, 3.63) is 23.8 Å². The fraction of sp³-hybridized carbons (Fsp3) is 0.720. The van der Waals surface area contributed by atoms with Gasteiger partial charge in [-0.05, 0) is 68.7 Å². The maximum atomic E-state index is 11.6. The molecule has 29 heavy (non-hydrogen) atoms. The highest BCUT2D eigenvalue weighted by atomic mass is 16.5. The molecule has 1 aliphatic carbocycles.